The Morgan fingerprint density at radius 1 is 0.487 bits per heavy atom. The smallest absolute Gasteiger partial charge is 0.366 e. The van der Waals surface area contributed by atoms with Gasteiger partial charge in [0.05, 0.1) is 52.4 Å². The van der Waals surface area contributed by atoms with Gasteiger partial charge in [-0.15, -0.1) is 0 Å². The number of amides is 2. The fourth-order valence-electron chi connectivity index (χ4n) is 8.21. The van der Waals surface area contributed by atoms with Gasteiger partial charge in [0, 0.05) is 69.2 Å². The molecular formula is C48H70N2O26. The fraction of sp³-hybridized carbons (Fsp3) is 0.708. The van der Waals surface area contributed by atoms with E-state index in [0.29, 0.717) is 12.8 Å². The summed E-state index contributed by atoms with van der Waals surface area (Å²) in [5, 5.41) is 5.15. The van der Waals surface area contributed by atoms with Crippen LogP contribution in [0, 0.1) is 0 Å². The second-order valence-corrected chi connectivity index (χ2v) is 17.3. The Kier molecular flexibility index (Phi) is 26.9. The van der Waals surface area contributed by atoms with Crippen LogP contribution in [0.5, 0.6) is 0 Å². The maximum atomic E-state index is 13.7. The molecule has 0 saturated carbocycles. The van der Waals surface area contributed by atoms with E-state index in [9.17, 15) is 57.5 Å². The van der Waals surface area contributed by atoms with Gasteiger partial charge in [0.15, 0.2) is 24.4 Å². The standard InChI is InChI=1S/C48H70N2O26/c1-25(51)49-39-35(69-29(5)55)21-47(45(61)63-11,75-43(39)41(73-33(9)59)37(71-31(7)57)23-65-27(3)53)67-19-17-15-13-14-16-18-20-68-48(46(62)64-12)22-36(70-30(6)56)40(50-26(2)52)44(76-48)42(74-34(10)60)38(72-32(8)58)24-66-28(4)54/h13-14,35-44H,15-24H2,1-12H3,(H,49,51)(H,50,52)/b14-13+/t35-,36-,37+,38+,39+,40+,41+,42+,43+,44+,47+,48+/m0/s1. The molecule has 2 aliphatic rings. The highest BCUT2D eigenvalue weighted by atomic mass is 16.8. The number of carbonyl (C=O) groups excluding carboxylic acids is 12. The molecule has 28 heteroatoms. The lowest BCUT2D eigenvalue weighted by molar-refractivity contribution is -0.314. The number of unbranched alkanes of at least 4 members (excludes halogenated alkanes) is 2. The Hall–Kier alpha value is -6.78. The lowest BCUT2D eigenvalue weighted by Crippen LogP contribution is -2.69. The van der Waals surface area contributed by atoms with Crippen molar-refractivity contribution in [3.63, 3.8) is 0 Å². The van der Waals surface area contributed by atoms with Crippen LogP contribution < -0.4 is 10.6 Å². The zero-order chi connectivity index (χ0) is 57.5. The molecule has 2 saturated heterocycles. The molecule has 0 bridgehead atoms. The SMILES string of the molecule is COC(=O)[C@@]1(OCCC/C=C/CCCO[C@]2(C(=O)OC)C[C@H](OC(C)=O)[C@@H](NC(C)=O)[C@H]([C@H](OC(C)=O)[C@@H](COC(C)=O)OC(C)=O)O2)C[C@H](OC(C)=O)[C@@H](NC(C)=O)[C@H]([C@H](OC(C)=O)[C@@H](COC(C)=O)OC(C)=O)O1. The minimum atomic E-state index is -2.41. The average molecular weight is 1090 g/mol. The Morgan fingerprint density at radius 3 is 1.08 bits per heavy atom. The van der Waals surface area contributed by atoms with Gasteiger partial charge in [-0.05, 0) is 25.7 Å². The van der Waals surface area contributed by atoms with Gasteiger partial charge in [0.1, 0.15) is 37.6 Å². The highest BCUT2D eigenvalue weighted by molar-refractivity contribution is 5.80. The molecule has 0 radical (unpaired) electrons. The fourth-order valence-corrected chi connectivity index (χ4v) is 8.21. The van der Waals surface area contributed by atoms with Crippen molar-refractivity contribution in [1.29, 1.82) is 0 Å². The molecule has 2 fully saturated rings. The van der Waals surface area contributed by atoms with E-state index < -0.39 is 170 Å². The number of carbonyl (C=O) groups is 12. The first-order valence-corrected chi connectivity index (χ1v) is 23.9. The van der Waals surface area contributed by atoms with Crippen molar-refractivity contribution < 1.29 is 124 Å². The summed E-state index contributed by atoms with van der Waals surface area (Å²) in [4.78, 5) is 151. The van der Waals surface area contributed by atoms with Crippen LogP contribution in [0.1, 0.15) is 108 Å². The number of esters is 10. The van der Waals surface area contributed by atoms with Gasteiger partial charge in [-0.1, -0.05) is 12.2 Å². The molecule has 12 atom stereocenters. The maximum Gasteiger partial charge on any atom is 0.366 e. The van der Waals surface area contributed by atoms with Gasteiger partial charge in [-0.25, -0.2) is 9.59 Å². The molecule has 2 heterocycles. The Bertz CT molecular complexity index is 1970. The third-order valence-electron chi connectivity index (χ3n) is 10.9. The molecule has 0 unspecified atom stereocenters. The van der Waals surface area contributed by atoms with Crippen molar-refractivity contribution in [1.82, 2.24) is 10.6 Å². The molecule has 0 aliphatic carbocycles. The average Bonchev–Trinajstić information content (AvgIpc) is 3.30. The van der Waals surface area contributed by atoms with Gasteiger partial charge in [-0.3, -0.25) is 47.9 Å². The Labute approximate surface area is 438 Å². The maximum absolute atomic E-state index is 13.7. The molecule has 428 valence electrons. The van der Waals surface area contributed by atoms with Crippen molar-refractivity contribution in [3.05, 3.63) is 12.2 Å². The number of methoxy groups -OCH3 is 2. The molecule has 2 N–H and O–H groups in total. The quantitative estimate of drug-likeness (QED) is 0.0457. The normalized spacial score (nSPS) is 24.6. The highest BCUT2D eigenvalue weighted by Gasteiger charge is 2.61. The second-order valence-electron chi connectivity index (χ2n) is 17.3. The van der Waals surface area contributed by atoms with Gasteiger partial charge >= 0.3 is 59.7 Å². The summed E-state index contributed by atoms with van der Waals surface area (Å²) in [6.45, 7) is 8.73. The number of hydrogen-bond donors (Lipinski definition) is 2. The van der Waals surface area contributed by atoms with Gasteiger partial charge in [0.2, 0.25) is 11.8 Å². The zero-order valence-corrected chi connectivity index (χ0v) is 44.6. The van der Waals surface area contributed by atoms with Crippen molar-refractivity contribution in [2.24, 2.45) is 0 Å². The van der Waals surface area contributed by atoms with Crippen molar-refractivity contribution >= 4 is 71.5 Å². The molecule has 28 nitrogen and oxygen atoms in total. The Balaban J connectivity index is 2.42. The summed E-state index contributed by atoms with van der Waals surface area (Å²) in [6, 6.07) is -2.79. The van der Waals surface area contributed by atoms with E-state index in [-0.39, 0.29) is 26.1 Å². The molecular weight excluding hydrogens is 1020 g/mol. The van der Waals surface area contributed by atoms with E-state index in [1.165, 1.54) is 0 Å². The first kappa shape index (κ1) is 65.3. The molecule has 0 aromatic heterocycles. The lowest BCUT2D eigenvalue weighted by Gasteiger charge is -2.48. The van der Waals surface area contributed by atoms with Crippen LogP contribution in [-0.4, -0.2) is 185 Å². The number of ether oxygens (including phenoxy) is 14. The van der Waals surface area contributed by atoms with Crippen LogP contribution in [0.2, 0.25) is 0 Å². The minimum Gasteiger partial charge on any atom is -0.465 e. The topological polar surface area (TPSA) is 358 Å². The molecule has 2 amide bonds. The number of nitrogens with one attached hydrogen (secondary N) is 2. The summed E-state index contributed by atoms with van der Waals surface area (Å²) in [5.41, 5.74) is 0. The largest absolute Gasteiger partial charge is 0.465 e. The molecule has 0 aromatic carbocycles. The predicted molar refractivity (Wildman–Crippen MR) is 250 cm³/mol. The van der Waals surface area contributed by atoms with E-state index in [1.54, 1.807) is 12.2 Å². The third-order valence-corrected chi connectivity index (χ3v) is 10.9. The molecule has 2 aliphatic heterocycles. The second kappa shape index (κ2) is 31.3. The minimum absolute atomic E-state index is 0.200. The van der Waals surface area contributed by atoms with Crippen molar-refractivity contribution in [3.8, 4) is 0 Å². The third kappa shape index (κ3) is 21.1. The van der Waals surface area contributed by atoms with Gasteiger partial charge < -0.3 is 76.9 Å². The summed E-state index contributed by atoms with van der Waals surface area (Å²) in [5.74, 6) is -15.5. The summed E-state index contributed by atoms with van der Waals surface area (Å²) in [6.07, 6.45) is -9.60. The summed E-state index contributed by atoms with van der Waals surface area (Å²) in [7, 11) is 2.04. The van der Waals surface area contributed by atoms with Crippen molar-refractivity contribution in [2.45, 2.75) is 180 Å². The number of rotatable bonds is 28. The van der Waals surface area contributed by atoms with Crippen LogP contribution in [0.3, 0.4) is 0 Å². The molecule has 76 heavy (non-hydrogen) atoms. The van der Waals surface area contributed by atoms with E-state index in [1.807, 2.05) is 0 Å². The van der Waals surface area contributed by atoms with E-state index in [0.717, 1.165) is 83.5 Å². The van der Waals surface area contributed by atoms with Crippen LogP contribution in [0.4, 0.5) is 0 Å². The van der Waals surface area contributed by atoms with Crippen LogP contribution in [0.15, 0.2) is 12.2 Å². The predicted octanol–water partition coefficient (Wildman–Crippen LogP) is 0.178. The number of hydrogen-bond acceptors (Lipinski definition) is 26. The van der Waals surface area contributed by atoms with E-state index in [4.69, 9.17) is 66.3 Å². The van der Waals surface area contributed by atoms with Crippen LogP contribution >= 0.6 is 0 Å². The molecule has 0 aromatic rings. The van der Waals surface area contributed by atoms with E-state index >= 15 is 0 Å². The van der Waals surface area contributed by atoms with Crippen LogP contribution in [0.25, 0.3) is 0 Å². The van der Waals surface area contributed by atoms with E-state index in [2.05, 4.69) is 10.6 Å². The van der Waals surface area contributed by atoms with Gasteiger partial charge in [0.25, 0.3) is 11.6 Å². The highest BCUT2D eigenvalue weighted by Crippen LogP contribution is 2.39. The monoisotopic (exact) mass is 1090 g/mol. The van der Waals surface area contributed by atoms with Crippen LogP contribution in [-0.2, 0) is 124 Å². The van der Waals surface area contributed by atoms with Crippen molar-refractivity contribution in [2.75, 3.05) is 40.6 Å². The first-order chi connectivity index (χ1) is 35.6. The summed E-state index contributed by atoms with van der Waals surface area (Å²) < 4.78 is 78.0. The molecule has 0 spiro atoms. The molecule has 2 rings (SSSR count). The van der Waals surface area contributed by atoms with Gasteiger partial charge in [-0.2, -0.15) is 0 Å². The summed E-state index contributed by atoms with van der Waals surface area (Å²) >= 11 is 0. The number of allylic oxidation sites excluding steroid dienone is 2. The lowest BCUT2D eigenvalue weighted by atomic mass is 9.88. The Morgan fingerprint density at radius 2 is 0.816 bits per heavy atom. The first-order valence-electron chi connectivity index (χ1n) is 23.9. The zero-order valence-electron chi connectivity index (χ0n) is 44.6.